The summed E-state index contributed by atoms with van der Waals surface area (Å²) in [6.07, 6.45) is 2.46. The quantitative estimate of drug-likeness (QED) is 0.710. The zero-order chi connectivity index (χ0) is 9.68. The zero-order valence-electron chi connectivity index (χ0n) is 7.40. The van der Waals surface area contributed by atoms with Gasteiger partial charge in [-0.1, -0.05) is 24.3 Å². The second kappa shape index (κ2) is 4.44. The molecule has 1 aromatic carbocycles. The third-order valence-corrected chi connectivity index (χ3v) is 1.90. The number of benzene rings is 1. The summed E-state index contributed by atoms with van der Waals surface area (Å²) in [7, 11) is 0. The first-order chi connectivity index (χ1) is 6.29. The molecular weight excluding hydrogens is 160 g/mol. The molecule has 0 aliphatic carbocycles. The molecule has 0 bridgehead atoms. The van der Waals surface area contributed by atoms with Crippen molar-refractivity contribution in [1.82, 2.24) is 0 Å². The Labute approximate surface area is 78.3 Å². The smallest absolute Gasteiger partial charge is 0.0995 e. The second-order valence-electron chi connectivity index (χ2n) is 2.83. The van der Waals surface area contributed by atoms with Gasteiger partial charge in [0.2, 0.25) is 0 Å². The van der Waals surface area contributed by atoms with Crippen LogP contribution in [0.4, 0.5) is 0 Å². The minimum absolute atomic E-state index is 0.117. The fraction of sp³-hybridized carbons (Fsp3) is 0.182. The monoisotopic (exact) mass is 172 g/mol. The van der Waals surface area contributed by atoms with Crippen molar-refractivity contribution in [2.75, 3.05) is 0 Å². The lowest BCUT2D eigenvalue weighted by atomic mass is 9.99. The Hall–Kier alpha value is -1.59. The van der Waals surface area contributed by atoms with Gasteiger partial charge < -0.3 is 5.73 Å². The second-order valence-corrected chi connectivity index (χ2v) is 2.83. The maximum atomic E-state index is 8.80. The number of nitrogens with zero attached hydrogens (tertiary/aromatic N) is 1. The van der Waals surface area contributed by atoms with Gasteiger partial charge in [0, 0.05) is 6.04 Å². The van der Waals surface area contributed by atoms with Crippen LogP contribution in [0.25, 0.3) is 0 Å². The van der Waals surface area contributed by atoms with Crippen molar-refractivity contribution in [3.05, 3.63) is 48.0 Å². The first-order valence-corrected chi connectivity index (χ1v) is 4.15. The average Bonchev–Trinajstić information content (AvgIpc) is 2.18. The van der Waals surface area contributed by atoms with Crippen molar-refractivity contribution in [1.29, 1.82) is 5.26 Å². The highest BCUT2D eigenvalue weighted by Crippen LogP contribution is 2.17. The minimum Gasteiger partial charge on any atom is -0.324 e. The van der Waals surface area contributed by atoms with Gasteiger partial charge >= 0.3 is 0 Å². The highest BCUT2D eigenvalue weighted by atomic mass is 14.6. The molecule has 0 aliphatic rings. The summed E-state index contributed by atoms with van der Waals surface area (Å²) >= 11 is 0. The van der Waals surface area contributed by atoms with E-state index in [1.165, 1.54) is 0 Å². The predicted molar refractivity (Wildman–Crippen MR) is 52.9 cm³/mol. The Morgan fingerprint density at radius 3 is 2.85 bits per heavy atom. The Bertz CT molecular complexity index is 336. The molecule has 13 heavy (non-hydrogen) atoms. The van der Waals surface area contributed by atoms with Gasteiger partial charge in [-0.3, -0.25) is 0 Å². The Balaban J connectivity index is 2.99. The molecule has 1 rings (SSSR count). The molecule has 0 fully saturated rings. The van der Waals surface area contributed by atoms with Gasteiger partial charge in [-0.05, 0) is 18.1 Å². The SMILES string of the molecule is C=CCC(N)c1ccccc1C#N. The van der Waals surface area contributed by atoms with Crippen LogP contribution in [0.3, 0.4) is 0 Å². The summed E-state index contributed by atoms with van der Waals surface area (Å²) in [5.41, 5.74) is 7.40. The van der Waals surface area contributed by atoms with Crippen LogP contribution in [0.15, 0.2) is 36.9 Å². The average molecular weight is 172 g/mol. The van der Waals surface area contributed by atoms with E-state index in [1.54, 1.807) is 12.1 Å². The van der Waals surface area contributed by atoms with Gasteiger partial charge in [-0.15, -0.1) is 6.58 Å². The molecule has 66 valence electrons. The fourth-order valence-electron chi connectivity index (χ4n) is 1.23. The van der Waals surface area contributed by atoms with Gasteiger partial charge in [-0.25, -0.2) is 0 Å². The highest BCUT2D eigenvalue weighted by molar-refractivity contribution is 5.39. The molecule has 2 heteroatoms. The first-order valence-electron chi connectivity index (χ1n) is 4.15. The standard InChI is InChI=1S/C11H12N2/c1-2-5-11(13)10-7-4-3-6-9(10)8-12/h2-4,6-7,11H,1,5,13H2. The fourth-order valence-corrected chi connectivity index (χ4v) is 1.23. The summed E-state index contributed by atoms with van der Waals surface area (Å²) in [5.74, 6) is 0. The number of hydrogen-bond acceptors (Lipinski definition) is 2. The van der Waals surface area contributed by atoms with Gasteiger partial charge in [0.15, 0.2) is 0 Å². The van der Waals surface area contributed by atoms with Crippen LogP contribution in [-0.4, -0.2) is 0 Å². The molecule has 0 spiro atoms. The molecule has 1 unspecified atom stereocenters. The third-order valence-electron chi connectivity index (χ3n) is 1.90. The van der Waals surface area contributed by atoms with Crippen molar-refractivity contribution < 1.29 is 0 Å². The molecule has 0 amide bonds. The molecule has 0 radical (unpaired) electrons. The Kier molecular flexibility index (Phi) is 3.24. The van der Waals surface area contributed by atoms with Crippen LogP contribution in [0.5, 0.6) is 0 Å². The third kappa shape index (κ3) is 2.17. The molecule has 0 saturated heterocycles. The van der Waals surface area contributed by atoms with Gasteiger partial charge in [-0.2, -0.15) is 5.26 Å². The van der Waals surface area contributed by atoms with Crippen LogP contribution in [-0.2, 0) is 0 Å². The van der Waals surface area contributed by atoms with E-state index < -0.39 is 0 Å². The van der Waals surface area contributed by atoms with E-state index in [0.29, 0.717) is 12.0 Å². The summed E-state index contributed by atoms with van der Waals surface area (Å²) in [6.45, 7) is 3.62. The minimum atomic E-state index is -0.117. The maximum absolute atomic E-state index is 8.80. The normalized spacial score (nSPS) is 11.7. The van der Waals surface area contributed by atoms with E-state index in [0.717, 1.165) is 5.56 Å². The topological polar surface area (TPSA) is 49.8 Å². The van der Waals surface area contributed by atoms with Crippen LogP contribution < -0.4 is 5.73 Å². The van der Waals surface area contributed by atoms with E-state index in [9.17, 15) is 0 Å². The lowest BCUT2D eigenvalue weighted by Crippen LogP contribution is -2.10. The zero-order valence-corrected chi connectivity index (χ0v) is 7.40. The van der Waals surface area contributed by atoms with Crippen LogP contribution in [0, 0.1) is 11.3 Å². The number of nitrogens with two attached hydrogens (primary N) is 1. The van der Waals surface area contributed by atoms with Crippen molar-refractivity contribution in [2.45, 2.75) is 12.5 Å². The van der Waals surface area contributed by atoms with E-state index in [2.05, 4.69) is 12.6 Å². The molecule has 0 saturated carbocycles. The lowest BCUT2D eigenvalue weighted by molar-refractivity contribution is 0.739. The first kappa shape index (κ1) is 9.50. The molecule has 1 atom stereocenters. The van der Waals surface area contributed by atoms with E-state index in [-0.39, 0.29) is 6.04 Å². The largest absolute Gasteiger partial charge is 0.324 e. The van der Waals surface area contributed by atoms with Gasteiger partial charge in [0.1, 0.15) is 0 Å². The molecule has 0 heterocycles. The van der Waals surface area contributed by atoms with E-state index in [1.807, 2.05) is 18.2 Å². The van der Waals surface area contributed by atoms with Crippen LogP contribution in [0.2, 0.25) is 0 Å². The molecule has 2 N–H and O–H groups in total. The Morgan fingerprint density at radius 1 is 1.54 bits per heavy atom. The number of rotatable bonds is 3. The van der Waals surface area contributed by atoms with Crippen LogP contribution >= 0.6 is 0 Å². The number of hydrogen-bond donors (Lipinski definition) is 1. The summed E-state index contributed by atoms with van der Waals surface area (Å²) in [5, 5.41) is 8.80. The van der Waals surface area contributed by atoms with Gasteiger partial charge in [0.05, 0.1) is 11.6 Å². The lowest BCUT2D eigenvalue weighted by Gasteiger charge is -2.10. The predicted octanol–water partition coefficient (Wildman–Crippen LogP) is 2.13. The van der Waals surface area contributed by atoms with E-state index in [4.69, 9.17) is 11.0 Å². The summed E-state index contributed by atoms with van der Waals surface area (Å²) in [4.78, 5) is 0. The maximum Gasteiger partial charge on any atom is 0.0995 e. The molecular formula is C11H12N2. The summed E-state index contributed by atoms with van der Waals surface area (Å²) < 4.78 is 0. The molecule has 0 aromatic heterocycles. The summed E-state index contributed by atoms with van der Waals surface area (Å²) in [6, 6.07) is 9.39. The van der Waals surface area contributed by atoms with Crippen molar-refractivity contribution in [3.63, 3.8) is 0 Å². The van der Waals surface area contributed by atoms with E-state index >= 15 is 0 Å². The van der Waals surface area contributed by atoms with Gasteiger partial charge in [0.25, 0.3) is 0 Å². The number of nitriles is 1. The Morgan fingerprint density at radius 2 is 2.23 bits per heavy atom. The van der Waals surface area contributed by atoms with Crippen molar-refractivity contribution in [3.8, 4) is 6.07 Å². The molecule has 1 aromatic rings. The molecule has 0 aliphatic heterocycles. The van der Waals surface area contributed by atoms with Crippen molar-refractivity contribution >= 4 is 0 Å². The van der Waals surface area contributed by atoms with Crippen molar-refractivity contribution in [2.24, 2.45) is 5.73 Å². The highest BCUT2D eigenvalue weighted by Gasteiger charge is 2.07. The molecule has 2 nitrogen and oxygen atoms in total. The van der Waals surface area contributed by atoms with Crippen LogP contribution in [0.1, 0.15) is 23.6 Å².